The Morgan fingerprint density at radius 1 is 0.826 bits per heavy atom. The van der Waals surface area contributed by atoms with E-state index in [1.165, 1.54) is 19.2 Å². The van der Waals surface area contributed by atoms with Crippen molar-refractivity contribution in [3.63, 3.8) is 0 Å². The van der Waals surface area contributed by atoms with Gasteiger partial charge in [0.25, 0.3) is 0 Å². The summed E-state index contributed by atoms with van der Waals surface area (Å²) in [5, 5.41) is 27.6. The van der Waals surface area contributed by atoms with Gasteiger partial charge in [-0.2, -0.15) is 0 Å². The fourth-order valence-electron chi connectivity index (χ4n) is 6.66. The number of ether oxygens (including phenoxy) is 1. The number of carbonyl (C=O) groups is 11. The van der Waals surface area contributed by atoms with Crippen LogP contribution in [0.25, 0.3) is 0 Å². The lowest BCUT2D eigenvalue weighted by atomic mass is 9.96. The lowest BCUT2D eigenvalue weighted by Gasteiger charge is -2.30. The molecule has 0 radical (unpaired) electrons. The van der Waals surface area contributed by atoms with Crippen LogP contribution < -0.4 is 54.4 Å². The smallest absolute Gasteiger partial charge is 0.246 e. The summed E-state index contributed by atoms with van der Waals surface area (Å²) in [4.78, 5) is 147. The van der Waals surface area contributed by atoms with Gasteiger partial charge < -0.3 is 69.2 Å². The zero-order chi connectivity index (χ0) is 51.8. The van der Waals surface area contributed by atoms with Gasteiger partial charge in [-0.15, -0.1) is 0 Å². The fourth-order valence-corrected chi connectivity index (χ4v) is 8.80. The summed E-state index contributed by atoms with van der Waals surface area (Å²) in [6, 6.07) is -2.57. The van der Waals surface area contributed by atoms with Crippen molar-refractivity contribution in [1.82, 2.24) is 42.1 Å². The highest BCUT2D eigenvalue weighted by molar-refractivity contribution is 8.76. The molecule has 7 atom stereocenters. The van der Waals surface area contributed by atoms with Gasteiger partial charge in [0.2, 0.25) is 65.0 Å². The van der Waals surface area contributed by atoms with Gasteiger partial charge in [0.1, 0.15) is 42.0 Å². The second-order valence-electron chi connectivity index (χ2n) is 16.8. The van der Waals surface area contributed by atoms with Gasteiger partial charge in [-0.05, 0) is 42.4 Å². The minimum Gasteiger partial charge on any atom is -0.508 e. The first-order chi connectivity index (χ1) is 32.5. The number of benzene rings is 1. The molecule has 0 saturated carbocycles. The van der Waals surface area contributed by atoms with Crippen LogP contribution in [0.15, 0.2) is 24.3 Å². The maximum atomic E-state index is 14.4. The van der Waals surface area contributed by atoms with Gasteiger partial charge >= 0.3 is 0 Å². The van der Waals surface area contributed by atoms with Crippen LogP contribution in [-0.4, -0.2) is 156 Å². The molecule has 1 heterocycles. The van der Waals surface area contributed by atoms with Gasteiger partial charge in [-0.1, -0.05) is 67.8 Å². The predicted molar refractivity (Wildman–Crippen MR) is 255 cm³/mol. The summed E-state index contributed by atoms with van der Waals surface area (Å²) in [7, 11) is 3.51. The summed E-state index contributed by atoms with van der Waals surface area (Å²) < 4.78 is 5.19. The lowest BCUT2D eigenvalue weighted by Crippen LogP contribution is -2.61. The Balaban J connectivity index is 2.63. The first-order valence-corrected chi connectivity index (χ1v) is 24.8. The van der Waals surface area contributed by atoms with Crippen molar-refractivity contribution < 1.29 is 62.6 Å². The van der Waals surface area contributed by atoms with Gasteiger partial charge in [0, 0.05) is 44.4 Å². The highest BCUT2D eigenvalue weighted by Crippen LogP contribution is 2.24. The van der Waals surface area contributed by atoms with Crippen LogP contribution in [0.2, 0.25) is 0 Å². The van der Waals surface area contributed by atoms with E-state index in [-0.39, 0.29) is 55.6 Å². The molecule has 0 aliphatic carbocycles. The first kappa shape index (κ1) is 59.0. The van der Waals surface area contributed by atoms with Crippen LogP contribution in [0.3, 0.4) is 0 Å². The fraction of sp³-hybridized carbons (Fsp3) is 0.605. The molecule has 1 fully saturated rings. The number of phenolic OH excluding ortho intramolecular Hbond substituents is 1. The Bertz CT molecular complexity index is 1980. The molecule has 0 aromatic heterocycles. The summed E-state index contributed by atoms with van der Waals surface area (Å²) in [6.07, 6.45) is -1.32. The number of hydrogen-bond acceptors (Lipinski definition) is 15. The third-order valence-electron chi connectivity index (χ3n) is 10.5. The topological polar surface area (TPSA) is 383 Å². The van der Waals surface area contributed by atoms with Crippen molar-refractivity contribution in [2.45, 2.75) is 109 Å². The predicted octanol–water partition coefficient (Wildman–Crippen LogP) is -3.06. The highest BCUT2D eigenvalue weighted by atomic mass is 33.1. The van der Waals surface area contributed by atoms with Crippen LogP contribution in [0.4, 0.5) is 0 Å². The molecule has 1 aliphatic heterocycles. The van der Waals surface area contributed by atoms with E-state index in [4.69, 9.17) is 21.9 Å². The molecule has 0 spiro atoms. The first-order valence-electron chi connectivity index (χ1n) is 22.3. The molecule has 2 rings (SSSR count). The van der Waals surface area contributed by atoms with E-state index in [9.17, 15) is 57.8 Å². The molecule has 1 saturated heterocycles. The van der Waals surface area contributed by atoms with Crippen molar-refractivity contribution in [2.24, 2.45) is 29.0 Å². The molecule has 1 aromatic carbocycles. The van der Waals surface area contributed by atoms with Gasteiger partial charge in [0.15, 0.2) is 0 Å². The Morgan fingerprint density at radius 2 is 1.46 bits per heavy atom. The molecular formula is C43H67N11O13S2. The molecule has 26 heteroatoms. The molecule has 24 nitrogen and oxygen atoms in total. The number of aromatic hydroxyl groups is 1. The van der Waals surface area contributed by atoms with E-state index in [2.05, 4.69) is 37.2 Å². The molecule has 0 unspecified atom stereocenters. The van der Waals surface area contributed by atoms with E-state index >= 15 is 0 Å². The monoisotopic (exact) mass is 1010 g/mol. The second-order valence-corrected chi connectivity index (χ2v) is 19.4. The summed E-state index contributed by atoms with van der Waals surface area (Å²) >= 11 is 0. The second kappa shape index (κ2) is 30.4. The van der Waals surface area contributed by atoms with Crippen LogP contribution in [0.5, 0.6) is 5.75 Å². The maximum absolute atomic E-state index is 14.4. The third-order valence-corrected chi connectivity index (χ3v) is 12.9. The highest BCUT2D eigenvalue weighted by Gasteiger charge is 2.36. The van der Waals surface area contributed by atoms with Gasteiger partial charge in [-0.3, -0.25) is 52.7 Å². The van der Waals surface area contributed by atoms with Gasteiger partial charge in [-0.25, -0.2) is 0 Å². The van der Waals surface area contributed by atoms with E-state index in [1.54, 1.807) is 39.8 Å². The van der Waals surface area contributed by atoms with Crippen molar-refractivity contribution >= 4 is 86.6 Å². The molecule has 69 heavy (non-hydrogen) atoms. The number of carbonyl (C=O) groups excluding carboxylic acids is 11. The SMILES string of the molecule is CC[C@H](C)[C@@H]1NC(=O)[C@H](Cc2ccc(O)cc2)NC(=O)CCSSC[C@@H](C(=O)N(CCOC)CC(=O)N[C@@H](CC(C)C)C(=O)NCC(N)=O)NC(=O)[C@H](CC(N)=O)NC(=O)[C@H](CCC(N)=O)NC1=O. The van der Waals surface area contributed by atoms with E-state index in [0.29, 0.717) is 12.0 Å². The molecule has 14 N–H and O–H groups in total. The number of phenols is 1. The molecular weight excluding hydrogens is 943 g/mol. The maximum Gasteiger partial charge on any atom is 0.246 e. The Labute approximate surface area is 408 Å². The Hall–Kier alpha value is -6.15. The normalized spacial score (nSPS) is 20.9. The molecule has 384 valence electrons. The number of nitrogens with zero attached hydrogens (tertiary/aromatic N) is 1. The zero-order valence-corrected chi connectivity index (χ0v) is 41.1. The number of hydrogen-bond donors (Lipinski definition) is 11. The van der Waals surface area contributed by atoms with Crippen molar-refractivity contribution in [1.29, 1.82) is 0 Å². The van der Waals surface area contributed by atoms with Crippen molar-refractivity contribution in [2.75, 3.05) is 44.9 Å². The quantitative estimate of drug-likeness (QED) is 0.0545. The number of primary amides is 3. The average molecular weight is 1010 g/mol. The number of nitrogens with two attached hydrogens (primary N) is 3. The van der Waals surface area contributed by atoms with Crippen molar-refractivity contribution in [3.05, 3.63) is 29.8 Å². The van der Waals surface area contributed by atoms with Crippen LogP contribution in [0.1, 0.15) is 71.8 Å². The van der Waals surface area contributed by atoms with Gasteiger partial charge in [0.05, 0.1) is 26.1 Å². The number of methoxy groups -OCH3 is 1. The molecule has 1 aromatic rings. The standard InChI is InChI=1S/C43H67N11O13S2/c1-6-24(4)37-42(65)50-27(11-12-32(44)56)39(62)51-30(19-33(45)57)40(63)52-31(22-69-68-16-13-35(59)48-29(41(64)53-37)18-25-7-9-26(55)10-8-25)43(66)54(14-15-67-5)21-36(60)49-28(17-23(2)3)38(61)47-20-34(46)58/h7-10,23-24,27-31,37,55H,6,11-22H2,1-5H3,(H2,44,56)(H2,45,57)(H2,46,58)(H,47,61)(H,48,59)(H,49,60)(H,50,65)(H,51,62)(H,52,63)(H,53,64)/t24-,27-,28-,29-,30-,31-,37-/m0/s1. The third kappa shape index (κ3) is 22.2. The van der Waals surface area contributed by atoms with Crippen LogP contribution in [-0.2, 0) is 63.9 Å². The molecule has 0 bridgehead atoms. The summed E-state index contributed by atoms with van der Waals surface area (Å²) in [6.45, 7) is 5.58. The summed E-state index contributed by atoms with van der Waals surface area (Å²) in [5.41, 5.74) is 16.6. The van der Waals surface area contributed by atoms with E-state index in [1.807, 2.05) is 0 Å². The Morgan fingerprint density at radius 3 is 2.06 bits per heavy atom. The van der Waals surface area contributed by atoms with E-state index in [0.717, 1.165) is 26.5 Å². The minimum absolute atomic E-state index is 0.0325. The Kier molecular flexibility index (Phi) is 25.9. The van der Waals surface area contributed by atoms with Crippen LogP contribution in [0, 0.1) is 11.8 Å². The largest absolute Gasteiger partial charge is 0.508 e. The van der Waals surface area contributed by atoms with Crippen LogP contribution >= 0.6 is 21.6 Å². The molecule has 1 aliphatic rings. The van der Waals surface area contributed by atoms with Crippen molar-refractivity contribution in [3.8, 4) is 5.75 Å². The average Bonchev–Trinajstić information content (AvgIpc) is 3.28. The van der Waals surface area contributed by atoms with E-state index < -0.39 is 139 Å². The minimum atomic E-state index is -1.76. The number of nitrogens with one attached hydrogen (secondary N) is 7. The number of amides is 11. The summed E-state index contributed by atoms with van der Waals surface area (Å²) in [5.74, 6) is -10.1. The lowest BCUT2D eigenvalue weighted by molar-refractivity contribution is -0.141. The number of rotatable bonds is 21. The zero-order valence-electron chi connectivity index (χ0n) is 39.5. The molecule has 11 amide bonds.